The summed E-state index contributed by atoms with van der Waals surface area (Å²) in [6.07, 6.45) is 5.90. The quantitative estimate of drug-likeness (QED) is 0.921. The first-order chi connectivity index (χ1) is 9.75. The maximum absolute atomic E-state index is 12.5. The van der Waals surface area contributed by atoms with E-state index in [1.165, 1.54) is 5.56 Å². The standard InChI is InChI=1S/C16H19N3O/c1-19-11-10-17-15(19)7-6-14(20)16-13-5-3-2-4-12(13)8-9-18-16/h2-5,10-11,16,18H,6-9H2,1H3. The van der Waals surface area contributed by atoms with Gasteiger partial charge in [-0.05, 0) is 17.5 Å². The van der Waals surface area contributed by atoms with E-state index in [1.54, 1.807) is 6.20 Å². The van der Waals surface area contributed by atoms with Crippen LogP contribution in [0.5, 0.6) is 0 Å². The van der Waals surface area contributed by atoms with E-state index in [2.05, 4.69) is 22.4 Å². The Labute approximate surface area is 118 Å². The van der Waals surface area contributed by atoms with E-state index in [9.17, 15) is 4.79 Å². The number of nitrogens with one attached hydrogen (secondary N) is 1. The monoisotopic (exact) mass is 269 g/mol. The number of Topliss-reactive ketones (excluding diaryl/α,β-unsaturated/α-hetero) is 1. The molecule has 2 heterocycles. The van der Waals surface area contributed by atoms with Gasteiger partial charge in [0.2, 0.25) is 0 Å². The molecule has 1 aliphatic heterocycles. The summed E-state index contributed by atoms with van der Waals surface area (Å²) < 4.78 is 1.97. The minimum absolute atomic E-state index is 0.153. The van der Waals surface area contributed by atoms with E-state index in [0.717, 1.165) is 24.4 Å². The summed E-state index contributed by atoms with van der Waals surface area (Å²) in [5.41, 5.74) is 2.44. The number of aryl methyl sites for hydroxylation is 2. The van der Waals surface area contributed by atoms with Gasteiger partial charge in [0.05, 0.1) is 6.04 Å². The predicted octanol–water partition coefficient (Wildman–Crippen LogP) is 1.81. The maximum Gasteiger partial charge on any atom is 0.154 e. The van der Waals surface area contributed by atoms with Gasteiger partial charge < -0.3 is 9.88 Å². The van der Waals surface area contributed by atoms with Gasteiger partial charge >= 0.3 is 0 Å². The van der Waals surface area contributed by atoms with Gasteiger partial charge in [0, 0.05) is 38.8 Å². The highest BCUT2D eigenvalue weighted by molar-refractivity contribution is 5.86. The number of fused-ring (bicyclic) bond motifs is 1. The topological polar surface area (TPSA) is 46.9 Å². The Hall–Kier alpha value is -1.94. The van der Waals surface area contributed by atoms with E-state index in [1.807, 2.05) is 29.9 Å². The van der Waals surface area contributed by atoms with Crippen LogP contribution in [0.1, 0.15) is 29.4 Å². The zero-order valence-electron chi connectivity index (χ0n) is 11.7. The van der Waals surface area contributed by atoms with Crippen LogP contribution in [0.2, 0.25) is 0 Å². The van der Waals surface area contributed by atoms with Crippen molar-refractivity contribution in [1.29, 1.82) is 0 Å². The van der Waals surface area contributed by atoms with Crippen LogP contribution >= 0.6 is 0 Å². The molecule has 1 aliphatic rings. The average Bonchev–Trinajstić information content (AvgIpc) is 2.89. The van der Waals surface area contributed by atoms with Crippen LogP contribution in [-0.2, 0) is 24.7 Å². The molecule has 3 rings (SSSR count). The summed E-state index contributed by atoms with van der Waals surface area (Å²) >= 11 is 0. The van der Waals surface area contributed by atoms with Crippen molar-refractivity contribution in [3.8, 4) is 0 Å². The first kappa shape index (κ1) is 13.1. The van der Waals surface area contributed by atoms with E-state index >= 15 is 0 Å². The molecule has 4 heteroatoms. The lowest BCUT2D eigenvalue weighted by molar-refractivity contribution is -0.121. The van der Waals surface area contributed by atoms with Crippen molar-refractivity contribution < 1.29 is 4.79 Å². The van der Waals surface area contributed by atoms with Crippen molar-refractivity contribution in [1.82, 2.24) is 14.9 Å². The molecular formula is C16H19N3O. The third kappa shape index (κ3) is 2.51. The van der Waals surface area contributed by atoms with Gasteiger partial charge in [0.15, 0.2) is 5.78 Å². The molecule has 0 fully saturated rings. The van der Waals surface area contributed by atoms with Crippen LogP contribution in [0.4, 0.5) is 0 Å². The molecule has 20 heavy (non-hydrogen) atoms. The fourth-order valence-corrected chi connectivity index (χ4v) is 2.81. The fourth-order valence-electron chi connectivity index (χ4n) is 2.81. The molecule has 104 valence electrons. The van der Waals surface area contributed by atoms with Crippen molar-refractivity contribution in [3.63, 3.8) is 0 Å². The summed E-state index contributed by atoms with van der Waals surface area (Å²) in [5, 5.41) is 3.34. The number of imidazole rings is 1. The second-order valence-corrected chi connectivity index (χ2v) is 5.26. The first-order valence-corrected chi connectivity index (χ1v) is 7.06. The van der Waals surface area contributed by atoms with Crippen molar-refractivity contribution >= 4 is 5.78 Å². The number of rotatable bonds is 4. The fraction of sp³-hybridized carbons (Fsp3) is 0.375. The Morgan fingerprint density at radius 3 is 3.10 bits per heavy atom. The number of carbonyl (C=O) groups is 1. The normalized spacial score (nSPS) is 17.8. The number of aromatic nitrogens is 2. The minimum atomic E-state index is -0.153. The number of carbonyl (C=O) groups excluding carboxylic acids is 1. The van der Waals surface area contributed by atoms with Crippen LogP contribution in [0, 0.1) is 0 Å². The summed E-state index contributed by atoms with van der Waals surface area (Å²) in [6, 6.07) is 8.07. The SMILES string of the molecule is Cn1ccnc1CCC(=O)C1NCCc2ccccc21. The zero-order chi connectivity index (χ0) is 13.9. The van der Waals surface area contributed by atoms with Gasteiger partial charge in [-0.1, -0.05) is 24.3 Å². The van der Waals surface area contributed by atoms with E-state index < -0.39 is 0 Å². The van der Waals surface area contributed by atoms with Crippen molar-refractivity contribution in [3.05, 3.63) is 53.6 Å². The van der Waals surface area contributed by atoms with E-state index in [-0.39, 0.29) is 11.8 Å². The number of benzene rings is 1. The van der Waals surface area contributed by atoms with Crippen LogP contribution < -0.4 is 5.32 Å². The number of nitrogens with zero attached hydrogens (tertiary/aromatic N) is 2. The second-order valence-electron chi connectivity index (χ2n) is 5.26. The van der Waals surface area contributed by atoms with Crippen LogP contribution in [0.3, 0.4) is 0 Å². The Kier molecular flexibility index (Phi) is 3.65. The van der Waals surface area contributed by atoms with E-state index in [0.29, 0.717) is 12.8 Å². The Morgan fingerprint density at radius 1 is 1.45 bits per heavy atom. The van der Waals surface area contributed by atoms with Gasteiger partial charge in [-0.15, -0.1) is 0 Å². The number of hydrogen-bond acceptors (Lipinski definition) is 3. The molecular weight excluding hydrogens is 250 g/mol. The molecule has 1 atom stereocenters. The molecule has 1 aromatic heterocycles. The molecule has 1 N–H and O–H groups in total. The molecule has 0 spiro atoms. The molecule has 0 bridgehead atoms. The second kappa shape index (κ2) is 5.59. The lowest BCUT2D eigenvalue weighted by Gasteiger charge is -2.25. The highest BCUT2D eigenvalue weighted by Gasteiger charge is 2.25. The molecule has 2 aromatic rings. The first-order valence-electron chi connectivity index (χ1n) is 7.06. The van der Waals surface area contributed by atoms with E-state index in [4.69, 9.17) is 0 Å². The summed E-state index contributed by atoms with van der Waals surface area (Å²) in [6.45, 7) is 0.871. The number of ketones is 1. The van der Waals surface area contributed by atoms with Gasteiger partial charge in [-0.3, -0.25) is 4.79 Å². The van der Waals surface area contributed by atoms with Gasteiger partial charge in [0.25, 0.3) is 0 Å². The Bertz CT molecular complexity index is 618. The third-order valence-corrected chi connectivity index (χ3v) is 3.95. The average molecular weight is 269 g/mol. The molecule has 0 aliphatic carbocycles. The van der Waals surface area contributed by atoms with Crippen LogP contribution in [-0.4, -0.2) is 21.9 Å². The molecule has 0 saturated carbocycles. The highest BCUT2D eigenvalue weighted by atomic mass is 16.1. The molecule has 4 nitrogen and oxygen atoms in total. The lowest BCUT2D eigenvalue weighted by Crippen LogP contribution is -2.35. The number of hydrogen-bond donors (Lipinski definition) is 1. The molecule has 0 radical (unpaired) electrons. The molecule has 1 unspecified atom stereocenters. The summed E-state index contributed by atoms with van der Waals surface area (Å²) in [7, 11) is 1.96. The predicted molar refractivity (Wildman–Crippen MR) is 77.4 cm³/mol. The highest BCUT2D eigenvalue weighted by Crippen LogP contribution is 2.24. The largest absolute Gasteiger partial charge is 0.338 e. The van der Waals surface area contributed by atoms with Gasteiger partial charge in [-0.2, -0.15) is 0 Å². The summed E-state index contributed by atoms with van der Waals surface area (Å²) in [5.74, 6) is 1.21. The van der Waals surface area contributed by atoms with Gasteiger partial charge in [0.1, 0.15) is 5.82 Å². The maximum atomic E-state index is 12.5. The molecule has 0 saturated heterocycles. The Morgan fingerprint density at radius 2 is 2.30 bits per heavy atom. The smallest absolute Gasteiger partial charge is 0.154 e. The van der Waals surface area contributed by atoms with Crippen LogP contribution in [0.15, 0.2) is 36.7 Å². The molecule has 0 amide bonds. The lowest BCUT2D eigenvalue weighted by atomic mass is 9.90. The van der Waals surface area contributed by atoms with Crippen molar-refractivity contribution in [2.24, 2.45) is 7.05 Å². The van der Waals surface area contributed by atoms with Crippen molar-refractivity contribution in [2.75, 3.05) is 6.54 Å². The zero-order valence-corrected chi connectivity index (χ0v) is 11.7. The minimum Gasteiger partial charge on any atom is -0.338 e. The van der Waals surface area contributed by atoms with Crippen molar-refractivity contribution in [2.45, 2.75) is 25.3 Å². The molecule has 1 aromatic carbocycles. The van der Waals surface area contributed by atoms with Gasteiger partial charge in [-0.25, -0.2) is 4.98 Å². The summed E-state index contributed by atoms with van der Waals surface area (Å²) in [4.78, 5) is 16.7. The van der Waals surface area contributed by atoms with Crippen LogP contribution in [0.25, 0.3) is 0 Å². The third-order valence-electron chi connectivity index (χ3n) is 3.95. The Balaban J connectivity index is 1.71.